The summed E-state index contributed by atoms with van der Waals surface area (Å²) in [6, 6.07) is 0. The number of hydrogen-bond donors (Lipinski definition) is 0. The molecule has 47 valence electrons. The van der Waals surface area contributed by atoms with Crippen molar-refractivity contribution in [1.29, 1.82) is 0 Å². The first-order valence-electron chi connectivity index (χ1n) is 2.49. The molecular weight excluding hydrogens is 193 g/mol. The quantitative estimate of drug-likeness (QED) is 0.637. The normalized spacial score (nSPS) is 9.22. The van der Waals surface area contributed by atoms with Crippen LogP contribution in [0.25, 0.3) is 0 Å². The largest absolute Gasteiger partial charge is 0.335 e. The van der Waals surface area contributed by atoms with Crippen molar-refractivity contribution in [1.82, 2.24) is 20.6 Å². The standard InChI is InChI=1S/C4H7N4.Y/c1-3(2)4-5-7-8-6-4;/h3H,1-2H3;/q-1;. The minimum absolute atomic E-state index is 0. The molecule has 0 aromatic carbocycles. The van der Waals surface area contributed by atoms with E-state index in [-0.39, 0.29) is 32.7 Å². The zero-order valence-electron chi connectivity index (χ0n) is 5.44. The Morgan fingerprint density at radius 1 is 1.44 bits per heavy atom. The van der Waals surface area contributed by atoms with Gasteiger partial charge >= 0.3 is 0 Å². The van der Waals surface area contributed by atoms with E-state index in [0.717, 1.165) is 0 Å². The average molecular weight is 200 g/mol. The predicted molar refractivity (Wildman–Crippen MR) is 27.2 cm³/mol. The third kappa shape index (κ3) is 2.50. The Morgan fingerprint density at radius 2 is 2.11 bits per heavy atom. The van der Waals surface area contributed by atoms with Crippen molar-refractivity contribution >= 4 is 0 Å². The molecule has 0 N–H and O–H groups in total. The molecule has 0 aliphatic rings. The van der Waals surface area contributed by atoms with Crippen molar-refractivity contribution < 1.29 is 32.7 Å². The first kappa shape index (κ1) is 9.17. The van der Waals surface area contributed by atoms with Crippen LogP contribution >= 0.6 is 0 Å². The van der Waals surface area contributed by atoms with E-state index in [9.17, 15) is 0 Å². The first-order chi connectivity index (χ1) is 3.80. The van der Waals surface area contributed by atoms with E-state index in [2.05, 4.69) is 20.6 Å². The summed E-state index contributed by atoms with van der Waals surface area (Å²) in [5.41, 5.74) is 0. The van der Waals surface area contributed by atoms with Gasteiger partial charge in [0.05, 0.1) is 0 Å². The van der Waals surface area contributed by atoms with Crippen molar-refractivity contribution in [3.63, 3.8) is 0 Å². The fraction of sp³-hybridized carbons (Fsp3) is 0.750. The number of nitrogens with zero attached hydrogens (tertiary/aromatic N) is 4. The van der Waals surface area contributed by atoms with Gasteiger partial charge < -0.3 is 5.10 Å². The minimum Gasteiger partial charge on any atom is -0.335 e. The van der Waals surface area contributed by atoms with E-state index in [0.29, 0.717) is 11.7 Å². The van der Waals surface area contributed by atoms with Crippen LogP contribution in [0.15, 0.2) is 0 Å². The second kappa shape index (κ2) is 4.06. The van der Waals surface area contributed by atoms with Crippen molar-refractivity contribution in [3.05, 3.63) is 5.82 Å². The van der Waals surface area contributed by atoms with Gasteiger partial charge in [0, 0.05) is 38.5 Å². The summed E-state index contributed by atoms with van der Waals surface area (Å²) in [7, 11) is 0. The third-order valence-electron chi connectivity index (χ3n) is 0.851. The van der Waals surface area contributed by atoms with Crippen LogP contribution in [0.2, 0.25) is 0 Å². The summed E-state index contributed by atoms with van der Waals surface area (Å²) in [6.07, 6.45) is 0. The maximum Gasteiger partial charge on any atom is 0.0124 e. The Hall–Kier alpha value is 0.174. The van der Waals surface area contributed by atoms with E-state index >= 15 is 0 Å². The Kier molecular flexibility index (Phi) is 4.14. The molecule has 0 aliphatic carbocycles. The van der Waals surface area contributed by atoms with Gasteiger partial charge in [-0.15, -0.1) is 0 Å². The molecule has 0 spiro atoms. The van der Waals surface area contributed by atoms with Gasteiger partial charge in [0.25, 0.3) is 0 Å². The van der Waals surface area contributed by atoms with Gasteiger partial charge in [0.1, 0.15) is 0 Å². The molecule has 0 amide bonds. The number of rotatable bonds is 1. The Morgan fingerprint density at radius 3 is 2.33 bits per heavy atom. The third-order valence-corrected chi connectivity index (χ3v) is 0.851. The Labute approximate surface area is 78.7 Å². The van der Waals surface area contributed by atoms with E-state index < -0.39 is 0 Å². The molecule has 0 saturated heterocycles. The smallest absolute Gasteiger partial charge is 0.0124 e. The molecule has 4 nitrogen and oxygen atoms in total. The molecule has 0 saturated carbocycles. The number of tetrazole rings is 1. The summed E-state index contributed by atoms with van der Waals surface area (Å²) in [5, 5.41) is 14.0. The molecule has 0 bridgehead atoms. The summed E-state index contributed by atoms with van der Waals surface area (Å²) in [6.45, 7) is 4.00. The van der Waals surface area contributed by atoms with Gasteiger partial charge in [0.2, 0.25) is 0 Å². The molecule has 5 heteroatoms. The van der Waals surface area contributed by atoms with Gasteiger partial charge in [-0.1, -0.05) is 13.8 Å². The van der Waals surface area contributed by atoms with Gasteiger partial charge in [-0.2, -0.15) is 5.21 Å². The molecule has 0 unspecified atom stereocenters. The topological polar surface area (TPSA) is 52.8 Å². The summed E-state index contributed by atoms with van der Waals surface area (Å²) in [5.74, 6) is 1.05. The summed E-state index contributed by atoms with van der Waals surface area (Å²) >= 11 is 0. The molecule has 0 atom stereocenters. The first-order valence-corrected chi connectivity index (χ1v) is 2.49. The zero-order valence-corrected chi connectivity index (χ0v) is 8.28. The molecule has 1 aromatic rings. The Bertz CT molecular complexity index is 148. The second-order valence-corrected chi connectivity index (χ2v) is 1.89. The fourth-order valence-electron chi connectivity index (χ4n) is 0.383. The summed E-state index contributed by atoms with van der Waals surface area (Å²) in [4.78, 5) is 0. The predicted octanol–water partition coefficient (Wildman–Crippen LogP) is -0.0503. The van der Waals surface area contributed by atoms with Gasteiger partial charge in [-0.3, -0.25) is 10.3 Å². The van der Waals surface area contributed by atoms with Crippen LogP contribution in [0, 0.1) is 0 Å². The maximum atomic E-state index is 3.64. The van der Waals surface area contributed by atoms with Crippen LogP contribution in [0.3, 0.4) is 0 Å². The minimum atomic E-state index is 0. The van der Waals surface area contributed by atoms with Crippen molar-refractivity contribution in [2.75, 3.05) is 0 Å². The van der Waals surface area contributed by atoms with Crippen LogP contribution < -0.4 is 5.10 Å². The van der Waals surface area contributed by atoms with Crippen LogP contribution in [0.4, 0.5) is 0 Å². The van der Waals surface area contributed by atoms with Crippen LogP contribution in [-0.2, 0) is 32.7 Å². The van der Waals surface area contributed by atoms with E-state index in [4.69, 9.17) is 0 Å². The molecule has 1 aromatic heterocycles. The van der Waals surface area contributed by atoms with Gasteiger partial charge in [-0.05, 0) is 5.92 Å². The SMILES string of the molecule is CC(C)c1nnn[n-]1.[Y]. The van der Waals surface area contributed by atoms with E-state index in [1.165, 1.54) is 0 Å². The number of aromatic nitrogens is 4. The maximum absolute atomic E-state index is 3.64. The van der Waals surface area contributed by atoms with Crippen molar-refractivity contribution in [2.24, 2.45) is 0 Å². The molecule has 0 aliphatic heterocycles. The molecule has 1 heterocycles. The molecular formula is C4H7N4Y-. The summed E-state index contributed by atoms with van der Waals surface area (Å²) < 4.78 is 0. The van der Waals surface area contributed by atoms with Crippen molar-refractivity contribution in [3.8, 4) is 0 Å². The monoisotopic (exact) mass is 200 g/mol. The second-order valence-electron chi connectivity index (χ2n) is 1.89. The zero-order chi connectivity index (χ0) is 5.98. The van der Waals surface area contributed by atoms with Crippen LogP contribution in [-0.4, -0.2) is 15.5 Å². The van der Waals surface area contributed by atoms with E-state index in [1.54, 1.807) is 0 Å². The fourth-order valence-corrected chi connectivity index (χ4v) is 0.383. The van der Waals surface area contributed by atoms with E-state index in [1.807, 2.05) is 13.8 Å². The van der Waals surface area contributed by atoms with Gasteiger partial charge in [-0.25, -0.2) is 0 Å². The van der Waals surface area contributed by atoms with Crippen LogP contribution in [0.1, 0.15) is 25.6 Å². The molecule has 0 fully saturated rings. The van der Waals surface area contributed by atoms with Crippen LogP contribution in [0.5, 0.6) is 0 Å². The molecule has 1 radical (unpaired) electrons. The van der Waals surface area contributed by atoms with Gasteiger partial charge in [0.15, 0.2) is 0 Å². The molecule has 1 rings (SSSR count). The molecule has 9 heavy (non-hydrogen) atoms. The average Bonchev–Trinajstić information content (AvgIpc) is 2.12. The number of hydrogen-bond acceptors (Lipinski definition) is 3. The van der Waals surface area contributed by atoms with Crippen molar-refractivity contribution in [2.45, 2.75) is 19.8 Å². The Balaban J connectivity index is 0.000000640.